The Morgan fingerprint density at radius 1 is 1.11 bits per heavy atom. The summed E-state index contributed by atoms with van der Waals surface area (Å²) in [6.07, 6.45) is 11.5. The van der Waals surface area contributed by atoms with Crippen molar-refractivity contribution >= 4 is 0 Å². The second-order valence-electron chi connectivity index (χ2n) is 6.72. The van der Waals surface area contributed by atoms with Gasteiger partial charge in [-0.25, -0.2) is 0 Å². The first-order chi connectivity index (χ1) is 8.78. The van der Waals surface area contributed by atoms with E-state index in [1.54, 1.807) is 0 Å². The highest BCUT2D eigenvalue weighted by Gasteiger charge is 2.35. The van der Waals surface area contributed by atoms with E-state index in [0.717, 1.165) is 5.92 Å². The maximum atomic E-state index is 3.45. The van der Waals surface area contributed by atoms with Gasteiger partial charge in [0, 0.05) is 13.1 Å². The van der Waals surface area contributed by atoms with Crippen LogP contribution in [0, 0.1) is 11.3 Å². The number of nitrogens with one attached hydrogen (secondary N) is 1. The Kier molecular flexibility index (Phi) is 5.50. The smallest absolute Gasteiger partial charge is 0.00501 e. The van der Waals surface area contributed by atoms with Crippen LogP contribution in [-0.4, -0.2) is 38.1 Å². The van der Waals surface area contributed by atoms with Crippen LogP contribution in [0.3, 0.4) is 0 Å². The van der Waals surface area contributed by atoms with Gasteiger partial charge in [-0.05, 0) is 63.6 Å². The molecule has 0 aromatic heterocycles. The van der Waals surface area contributed by atoms with Gasteiger partial charge in [-0.2, -0.15) is 0 Å². The van der Waals surface area contributed by atoms with Crippen molar-refractivity contribution in [3.63, 3.8) is 0 Å². The first-order valence-corrected chi connectivity index (χ1v) is 8.15. The first kappa shape index (κ1) is 14.3. The molecule has 1 atom stereocenters. The summed E-state index contributed by atoms with van der Waals surface area (Å²) >= 11 is 0. The Morgan fingerprint density at radius 2 is 1.89 bits per heavy atom. The van der Waals surface area contributed by atoms with Crippen molar-refractivity contribution in [3.05, 3.63) is 0 Å². The van der Waals surface area contributed by atoms with Gasteiger partial charge in [0.05, 0.1) is 0 Å². The molecule has 1 aliphatic carbocycles. The minimum Gasteiger partial charge on any atom is -0.319 e. The van der Waals surface area contributed by atoms with Gasteiger partial charge in [-0.3, -0.25) is 0 Å². The fraction of sp³-hybridized carbons (Fsp3) is 1.00. The summed E-state index contributed by atoms with van der Waals surface area (Å²) in [5, 5.41) is 3.45. The van der Waals surface area contributed by atoms with Gasteiger partial charge >= 0.3 is 0 Å². The number of nitrogens with zero attached hydrogens (tertiary/aromatic N) is 1. The summed E-state index contributed by atoms with van der Waals surface area (Å²) in [6.45, 7) is 7.64. The highest BCUT2D eigenvalue weighted by molar-refractivity contribution is 4.89. The molecule has 0 amide bonds. The van der Waals surface area contributed by atoms with Gasteiger partial charge < -0.3 is 10.2 Å². The fourth-order valence-corrected chi connectivity index (χ4v) is 4.16. The lowest BCUT2D eigenvalue weighted by atomic mass is 9.85. The van der Waals surface area contributed by atoms with Gasteiger partial charge in [0.2, 0.25) is 0 Å². The van der Waals surface area contributed by atoms with Crippen LogP contribution in [0.1, 0.15) is 58.3 Å². The van der Waals surface area contributed by atoms with Crippen molar-refractivity contribution in [1.29, 1.82) is 0 Å². The summed E-state index contributed by atoms with van der Waals surface area (Å²) in [7, 11) is 2.12. The normalized spacial score (nSPS) is 29.3. The third-order valence-corrected chi connectivity index (χ3v) is 5.29. The summed E-state index contributed by atoms with van der Waals surface area (Å²) in [4.78, 5) is 2.78. The predicted molar refractivity (Wildman–Crippen MR) is 78.9 cm³/mol. The molecular formula is C16H32N2. The largest absolute Gasteiger partial charge is 0.319 e. The van der Waals surface area contributed by atoms with Crippen molar-refractivity contribution in [1.82, 2.24) is 10.2 Å². The molecule has 2 aliphatic rings. The van der Waals surface area contributed by atoms with Crippen LogP contribution in [-0.2, 0) is 0 Å². The molecule has 0 bridgehead atoms. The third kappa shape index (κ3) is 3.71. The highest BCUT2D eigenvalue weighted by Crippen LogP contribution is 2.38. The number of rotatable bonds is 5. The summed E-state index contributed by atoms with van der Waals surface area (Å²) < 4.78 is 0. The van der Waals surface area contributed by atoms with Crippen LogP contribution in [0.15, 0.2) is 0 Å². The van der Waals surface area contributed by atoms with Crippen molar-refractivity contribution < 1.29 is 0 Å². The van der Waals surface area contributed by atoms with Crippen LogP contribution >= 0.6 is 0 Å². The Bertz CT molecular complexity index is 233. The molecule has 1 unspecified atom stereocenters. The highest BCUT2D eigenvalue weighted by atomic mass is 15.1. The lowest BCUT2D eigenvalue weighted by molar-refractivity contribution is 0.153. The van der Waals surface area contributed by atoms with Crippen LogP contribution in [0.5, 0.6) is 0 Å². The fourth-order valence-electron chi connectivity index (χ4n) is 4.16. The van der Waals surface area contributed by atoms with E-state index in [1.165, 1.54) is 77.5 Å². The standard InChI is InChI=1S/C16H32N2/c1-3-15-7-6-11-18(12-8-15)14-16(13-17-2)9-4-5-10-16/h15,17H,3-14H2,1-2H3. The molecule has 106 valence electrons. The van der Waals surface area contributed by atoms with Gasteiger partial charge in [0.15, 0.2) is 0 Å². The first-order valence-electron chi connectivity index (χ1n) is 8.15. The van der Waals surface area contributed by atoms with Gasteiger partial charge in [-0.1, -0.05) is 26.2 Å². The minimum absolute atomic E-state index is 0.598. The molecule has 2 rings (SSSR count). The molecule has 1 saturated carbocycles. The van der Waals surface area contributed by atoms with Gasteiger partial charge in [-0.15, -0.1) is 0 Å². The molecular weight excluding hydrogens is 220 g/mol. The van der Waals surface area contributed by atoms with E-state index in [1.807, 2.05) is 0 Å². The predicted octanol–water partition coefficient (Wildman–Crippen LogP) is 3.28. The molecule has 2 nitrogen and oxygen atoms in total. The molecule has 0 radical (unpaired) electrons. The summed E-state index contributed by atoms with van der Waals surface area (Å²) in [5.74, 6) is 0.999. The van der Waals surface area contributed by atoms with Crippen LogP contribution < -0.4 is 5.32 Å². The van der Waals surface area contributed by atoms with Crippen LogP contribution in [0.2, 0.25) is 0 Å². The van der Waals surface area contributed by atoms with Gasteiger partial charge in [0.1, 0.15) is 0 Å². The molecule has 1 saturated heterocycles. The zero-order valence-corrected chi connectivity index (χ0v) is 12.5. The third-order valence-electron chi connectivity index (χ3n) is 5.29. The number of hydrogen-bond acceptors (Lipinski definition) is 2. The maximum absolute atomic E-state index is 3.45. The zero-order chi connectivity index (χ0) is 12.8. The lowest BCUT2D eigenvalue weighted by Gasteiger charge is -2.35. The molecule has 1 heterocycles. The Balaban J connectivity index is 1.87. The van der Waals surface area contributed by atoms with E-state index in [4.69, 9.17) is 0 Å². The second kappa shape index (κ2) is 6.91. The Labute approximate surface area is 114 Å². The summed E-state index contributed by atoms with van der Waals surface area (Å²) in [5.41, 5.74) is 0.598. The average molecular weight is 252 g/mol. The van der Waals surface area contributed by atoms with Crippen molar-refractivity contribution in [3.8, 4) is 0 Å². The maximum Gasteiger partial charge on any atom is 0.00501 e. The quantitative estimate of drug-likeness (QED) is 0.808. The zero-order valence-electron chi connectivity index (χ0n) is 12.5. The van der Waals surface area contributed by atoms with Gasteiger partial charge in [0.25, 0.3) is 0 Å². The van der Waals surface area contributed by atoms with Crippen LogP contribution in [0.25, 0.3) is 0 Å². The average Bonchev–Trinajstić information content (AvgIpc) is 2.70. The molecule has 0 spiro atoms. The SMILES string of the molecule is CCC1CCCN(CC2(CNC)CCCC2)CC1. The minimum atomic E-state index is 0.598. The monoisotopic (exact) mass is 252 g/mol. The molecule has 18 heavy (non-hydrogen) atoms. The van der Waals surface area contributed by atoms with E-state index in [-0.39, 0.29) is 0 Å². The van der Waals surface area contributed by atoms with E-state index in [2.05, 4.69) is 24.2 Å². The van der Waals surface area contributed by atoms with Crippen molar-refractivity contribution in [2.75, 3.05) is 33.2 Å². The topological polar surface area (TPSA) is 15.3 Å². The molecule has 1 N–H and O–H groups in total. The van der Waals surface area contributed by atoms with E-state index < -0.39 is 0 Å². The molecule has 0 aromatic carbocycles. The van der Waals surface area contributed by atoms with E-state index >= 15 is 0 Å². The molecule has 1 aliphatic heterocycles. The van der Waals surface area contributed by atoms with Crippen molar-refractivity contribution in [2.24, 2.45) is 11.3 Å². The lowest BCUT2D eigenvalue weighted by Crippen LogP contribution is -2.42. The van der Waals surface area contributed by atoms with Crippen LogP contribution in [0.4, 0.5) is 0 Å². The van der Waals surface area contributed by atoms with E-state index in [0.29, 0.717) is 5.41 Å². The number of hydrogen-bond donors (Lipinski definition) is 1. The molecule has 0 aromatic rings. The number of likely N-dealkylation sites (tertiary alicyclic amines) is 1. The Morgan fingerprint density at radius 3 is 2.56 bits per heavy atom. The molecule has 2 fully saturated rings. The molecule has 2 heteroatoms. The summed E-state index contributed by atoms with van der Waals surface area (Å²) in [6, 6.07) is 0. The van der Waals surface area contributed by atoms with Crippen molar-refractivity contribution in [2.45, 2.75) is 58.3 Å². The van der Waals surface area contributed by atoms with E-state index in [9.17, 15) is 0 Å². The Hall–Kier alpha value is -0.0800. The second-order valence-corrected chi connectivity index (χ2v) is 6.72.